The Hall–Kier alpha value is -2.26. The van der Waals surface area contributed by atoms with E-state index < -0.39 is 0 Å². The maximum atomic E-state index is 12.8. The zero-order valence-electron chi connectivity index (χ0n) is 15.7. The first-order valence-electron chi connectivity index (χ1n) is 9.25. The van der Waals surface area contributed by atoms with Gasteiger partial charge < -0.3 is 19.4 Å². The molecular weight excluding hydrogens is 364 g/mol. The lowest BCUT2D eigenvalue weighted by molar-refractivity contribution is 0.0750. The lowest BCUT2D eigenvalue weighted by Gasteiger charge is -2.36. The van der Waals surface area contributed by atoms with Crippen LogP contribution in [0.4, 0.5) is 11.5 Å². The smallest absolute Gasteiger partial charge is 0.265 e. The summed E-state index contributed by atoms with van der Waals surface area (Å²) in [5, 5.41) is 9.40. The van der Waals surface area contributed by atoms with Gasteiger partial charge in [-0.25, -0.2) is 4.98 Å². The van der Waals surface area contributed by atoms with Crippen LogP contribution in [0.15, 0.2) is 12.3 Å². The van der Waals surface area contributed by atoms with Gasteiger partial charge in [0.25, 0.3) is 5.91 Å². The van der Waals surface area contributed by atoms with Crippen molar-refractivity contribution >= 4 is 28.7 Å². The van der Waals surface area contributed by atoms with Crippen molar-refractivity contribution in [2.75, 3.05) is 62.3 Å². The highest BCUT2D eigenvalue weighted by Gasteiger charge is 2.25. The van der Waals surface area contributed by atoms with Crippen molar-refractivity contribution in [3.05, 3.63) is 27.8 Å². The fourth-order valence-corrected chi connectivity index (χ4v) is 4.39. The molecule has 0 bridgehead atoms. The summed E-state index contributed by atoms with van der Waals surface area (Å²) in [6.45, 7) is 9.95. The summed E-state index contributed by atoms with van der Waals surface area (Å²) in [5.74, 6) is 0.990. The number of piperazine rings is 1. The fourth-order valence-electron chi connectivity index (χ4n) is 3.51. The van der Waals surface area contributed by atoms with E-state index in [0.29, 0.717) is 13.1 Å². The van der Waals surface area contributed by atoms with Crippen molar-refractivity contribution in [1.82, 2.24) is 20.1 Å². The quantitative estimate of drug-likeness (QED) is 0.786. The number of morpholine rings is 1. The standard InChI is InChI=1S/C18H24N6O2S/c1-13-17(27-14(2)20-13)18(25)24-5-3-22(4-6-24)15-11-16(21-19-12-15)23-7-9-26-10-8-23/h11-12H,3-10H2,1-2H3. The molecule has 0 saturated carbocycles. The molecule has 0 unspecified atom stereocenters. The Labute approximate surface area is 162 Å². The van der Waals surface area contributed by atoms with Gasteiger partial charge >= 0.3 is 0 Å². The van der Waals surface area contributed by atoms with Gasteiger partial charge in [-0.1, -0.05) is 0 Å². The summed E-state index contributed by atoms with van der Waals surface area (Å²) in [6, 6.07) is 2.09. The average Bonchev–Trinajstić information content (AvgIpc) is 3.06. The molecule has 8 nitrogen and oxygen atoms in total. The molecule has 2 aromatic heterocycles. The van der Waals surface area contributed by atoms with Crippen LogP contribution in [-0.4, -0.2) is 78.5 Å². The Balaban J connectivity index is 1.40. The van der Waals surface area contributed by atoms with Gasteiger partial charge in [0.05, 0.1) is 35.8 Å². The molecule has 4 heterocycles. The minimum Gasteiger partial charge on any atom is -0.378 e. The number of anilines is 2. The van der Waals surface area contributed by atoms with E-state index in [1.54, 1.807) is 6.20 Å². The first kappa shape index (κ1) is 18.1. The highest BCUT2D eigenvalue weighted by molar-refractivity contribution is 7.13. The number of aryl methyl sites for hydroxylation is 2. The number of carbonyl (C=O) groups is 1. The Morgan fingerprint density at radius 1 is 1.07 bits per heavy atom. The molecule has 2 saturated heterocycles. The van der Waals surface area contributed by atoms with Crippen molar-refractivity contribution in [2.24, 2.45) is 0 Å². The second-order valence-electron chi connectivity index (χ2n) is 6.80. The molecule has 0 atom stereocenters. The summed E-state index contributed by atoms with van der Waals surface area (Å²) in [5.41, 5.74) is 1.89. The number of ether oxygens (including phenoxy) is 1. The molecule has 0 spiro atoms. The van der Waals surface area contributed by atoms with Crippen molar-refractivity contribution in [1.29, 1.82) is 0 Å². The van der Waals surface area contributed by atoms with Crippen LogP contribution < -0.4 is 9.80 Å². The predicted molar refractivity (Wildman–Crippen MR) is 105 cm³/mol. The van der Waals surface area contributed by atoms with E-state index in [2.05, 4.69) is 31.0 Å². The molecule has 27 heavy (non-hydrogen) atoms. The average molecular weight is 388 g/mol. The second kappa shape index (κ2) is 7.77. The maximum Gasteiger partial charge on any atom is 0.265 e. The van der Waals surface area contributed by atoms with Gasteiger partial charge in [0, 0.05) is 45.3 Å². The zero-order chi connectivity index (χ0) is 18.8. The van der Waals surface area contributed by atoms with Crippen molar-refractivity contribution in [3.8, 4) is 0 Å². The maximum absolute atomic E-state index is 12.8. The van der Waals surface area contributed by atoms with E-state index in [1.807, 2.05) is 18.7 Å². The molecule has 9 heteroatoms. The van der Waals surface area contributed by atoms with Crippen LogP contribution in [0.25, 0.3) is 0 Å². The number of hydrogen-bond acceptors (Lipinski definition) is 8. The minimum absolute atomic E-state index is 0.0969. The summed E-state index contributed by atoms with van der Waals surface area (Å²) in [6.07, 6.45) is 1.80. The van der Waals surface area contributed by atoms with E-state index in [0.717, 1.165) is 66.5 Å². The van der Waals surface area contributed by atoms with Crippen molar-refractivity contribution in [2.45, 2.75) is 13.8 Å². The first-order chi connectivity index (χ1) is 13.1. The lowest BCUT2D eigenvalue weighted by atomic mass is 10.2. The highest BCUT2D eigenvalue weighted by atomic mass is 32.1. The monoisotopic (exact) mass is 388 g/mol. The summed E-state index contributed by atoms with van der Waals surface area (Å²) >= 11 is 1.48. The van der Waals surface area contributed by atoms with Crippen LogP contribution in [0.5, 0.6) is 0 Å². The normalized spacial score (nSPS) is 18.1. The number of thiazole rings is 1. The van der Waals surface area contributed by atoms with Gasteiger partial charge in [-0.2, -0.15) is 5.10 Å². The lowest BCUT2D eigenvalue weighted by Crippen LogP contribution is -2.48. The number of amides is 1. The molecule has 2 aliphatic rings. The van der Waals surface area contributed by atoms with Crippen LogP contribution in [0.2, 0.25) is 0 Å². The zero-order valence-corrected chi connectivity index (χ0v) is 16.5. The highest BCUT2D eigenvalue weighted by Crippen LogP contribution is 2.23. The molecule has 2 fully saturated rings. The topological polar surface area (TPSA) is 74.7 Å². The Morgan fingerprint density at radius 3 is 2.48 bits per heavy atom. The number of rotatable bonds is 3. The van der Waals surface area contributed by atoms with Gasteiger partial charge in [0.2, 0.25) is 0 Å². The van der Waals surface area contributed by atoms with Gasteiger partial charge in [-0.15, -0.1) is 16.4 Å². The third-order valence-corrected chi connectivity index (χ3v) is 6.05. The van der Waals surface area contributed by atoms with Crippen LogP contribution in [0.3, 0.4) is 0 Å². The number of aromatic nitrogens is 3. The van der Waals surface area contributed by atoms with Gasteiger partial charge in [0.15, 0.2) is 5.82 Å². The van der Waals surface area contributed by atoms with Gasteiger partial charge in [-0.3, -0.25) is 4.79 Å². The SMILES string of the molecule is Cc1nc(C)c(C(=O)N2CCN(c3cnnc(N4CCOCC4)c3)CC2)s1. The van der Waals surface area contributed by atoms with E-state index in [4.69, 9.17) is 4.74 Å². The second-order valence-corrected chi connectivity index (χ2v) is 8.00. The van der Waals surface area contributed by atoms with Gasteiger partial charge in [-0.05, 0) is 13.8 Å². The molecule has 0 radical (unpaired) electrons. The number of hydrogen-bond donors (Lipinski definition) is 0. The van der Waals surface area contributed by atoms with E-state index in [9.17, 15) is 4.79 Å². The Bertz CT molecular complexity index is 812. The van der Waals surface area contributed by atoms with Gasteiger partial charge in [0.1, 0.15) is 4.88 Å². The molecule has 0 aromatic carbocycles. The molecule has 2 aliphatic heterocycles. The summed E-state index contributed by atoms with van der Waals surface area (Å²) < 4.78 is 5.41. The van der Waals surface area contributed by atoms with Crippen LogP contribution in [0, 0.1) is 13.8 Å². The van der Waals surface area contributed by atoms with Crippen LogP contribution in [-0.2, 0) is 4.74 Å². The molecule has 4 rings (SSSR count). The minimum atomic E-state index is 0.0969. The van der Waals surface area contributed by atoms with Crippen molar-refractivity contribution in [3.63, 3.8) is 0 Å². The first-order valence-corrected chi connectivity index (χ1v) is 10.1. The fraction of sp³-hybridized carbons (Fsp3) is 0.556. The molecular formula is C18H24N6O2S. The third-order valence-electron chi connectivity index (χ3n) is 4.99. The molecule has 0 aliphatic carbocycles. The summed E-state index contributed by atoms with van der Waals surface area (Å²) in [7, 11) is 0. The van der Waals surface area contributed by atoms with E-state index in [-0.39, 0.29) is 5.91 Å². The van der Waals surface area contributed by atoms with Crippen LogP contribution >= 0.6 is 11.3 Å². The summed E-state index contributed by atoms with van der Waals surface area (Å²) in [4.78, 5) is 24.3. The van der Waals surface area contributed by atoms with E-state index >= 15 is 0 Å². The third kappa shape index (κ3) is 3.89. The Kier molecular flexibility index (Phi) is 5.22. The van der Waals surface area contributed by atoms with E-state index in [1.165, 1.54) is 11.3 Å². The van der Waals surface area contributed by atoms with Crippen molar-refractivity contribution < 1.29 is 9.53 Å². The number of carbonyl (C=O) groups excluding carboxylic acids is 1. The molecule has 0 N–H and O–H groups in total. The largest absolute Gasteiger partial charge is 0.378 e. The predicted octanol–water partition coefficient (Wildman–Crippen LogP) is 1.35. The Morgan fingerprint density at radius 2 is 1.81 bits per heavy atom. The molecule has 2 aromatic rings. The number of nitrogens with zero attached hydrogens (tertiary/aromatic N) is 6. The molecule has 1 amide bonds. The van der Waals surface area contributed by atoms with Crippen LogP contribution in [0.1, 0.15) is 20.4 Å². The molecule has 144 valence electrons.